The maximum atomic E-state index is 13.7. The van der Waals surface area contributed by atoms with Gasteiger partial charge in [0.25, 0.3) is 5.91 Å². The molecule has 1 heterocycles. The molecule has 0 saturated heterocycles. The van der Waals surface area contributed by atoms with Gasteiger partial charge in [0.1, 0.15) is 5.75 Å². The number of carbonyl (C=O) groups excluding carboxylic acids is 2. The first-order valence-electron chi connectivity index (χ1n) is 11.3. The number of Topliss-reactive ketones (excluding diaryl/α,β-unsaturated/α-hetero) is 1. The lowest BCUT2D eigenvalue weighted by molar-refractivity contribution is -0.120. The van der Waals surface area contributed by atoms with Gasteiger partial charge in [0.15, 0.2) is 5.78 Å². The first kappa shape index (κ1) is 23.3. The molecule has 0 spiro atoms. The smallest absolute Gasteiger partial charge is 0.254 e. The Balaban J connectivity index is 1.71. The van der Waals surface area contributed by atoms with Crippen LogP contribution in [0, 0.1) is 5.92 Å². The van der Waals surface area contributed by atoms with E-state index in [1.807, 2.05) is 13.0 Å². The summed E-state index contributed by atoms with van der Waals surface area (Å²) >= 11 is 0. The van der Waals surface area contributed by atoms with E-state index in [-0.39, 0.29) is 29.2 Å². The summed E-state index contributed by atoms with van der Waals surface area (Å²) < 4.78 is 34.4. The van der Waals surface area contributed by atoms with Crippen molar-refractivity contribution < 1.29 is 22.7 Å². The van der Waals surface area contributed by atoms with Crippen LogP contribution in [0.15, 0.2) is 52.4 Å². The molecule has 4 rings (SSSR count). The molecule has 33 heavy (non-hydrogen) atoms. The second-order valence-electron chi connectivity index (χ2n) is 8.47. The number of rotatable bonds is 8. The third kappa shape index (κ3) is 4.91. The van der Waals surface area contributed by atoms with Gasteiger partial charge in [-0.05, 0) is 57.0 Å². The van der Waals surface area contributed by atoms with Crippen LogP contribution in [-0.2, 0) is 14.8 Å². The number of nitrogens with zero attached hydrogens (tertiary/aromatic N) is 2. The van der Waals surface area contributed by atoms with Crippen LogP contribution < -0.4 is 15.3 Å². The molecule has 2 aromatic rings. The second-order valence-corrected chi connectivity index (χ2v) is 10.4. The van der Waals surface area contributed by atoms with Crippen LogP contribution in [0.4, 0.5) is 0 Å². The third-order valence-corrected chi connectivity index (χ3v) is 8.11. The van der Waals surface area contributed by atoms with Gasteiger partial charge in [0.2, 0.25) is 10.0 Å². The Morgan fingerprint density at radius 3 is 2.61 bits per heavy atom. The predicted octanol–water partition coefficient (Wildman–Crippen LogP) is 2.48. The van der Waals surface area contributed by atoms with Crippen molar-refractivity contribution in [2.24, 2.45) is 10.9 Å². The van der Waals surface area contributed by atoms with Gasteiger partial charge >= 0.3 is 0 Å². The van der Waals surface area contributed by atoms with Gasteiger partial charge in [-0.2, -0.15) is 4.31 Å². The van der Waals surface area contributed by atoms with E-state index < -0.39 is 15.9 Å². The fourth-order valence-corrected chi connectivity index (χ4v) is 6.24. The van der Waals surface area contributed by atoms with E-state index in [0.717, 1.165) is 30.9 Å². The molecule has 1 saturated carbocycles. The Morgan fingerprint density at radius 2 is 1.91 bits per heavy atom. The highest BCUT2D eigenvalue weighted by atomic mass is 32.2. The minimum atomic E-state index is -3.91. The van der Waals surface area contributed by atoms with Crippen molar-refractivity contribution in [1.29, 1.82) is 0 Å². The summed E-state index contributed by atoms with van der Waals surface area (Å²) in [5, 5.41) is 1.32. The highest BCUT2D eigenvalue weighted by molar-refractivity contribution is 7.89. The van der Waals surface area contributed by atoms with Crippen LogP contribution in [0.2, 0.25) is 0 Å². The van der Waals surface area contributed by atoms with Gasteiger partial charge in [-0.1, -0.05) is 31.1 Å². The first-order valence-corrected chi connectivity index (χ1v) is 12.7. The Kier molecular flexibility index (Phi) is 6.76. The van der Waals surface area contributed by atoms with Crippen molar-refractivity contribution in [1.82, 2.24) is 4.31 Å². The number of sulfonamides is 1. The fraction of sp³-hybridized carbons (Fsp3) is 0.400. The van der Waals surface area contributed by atoms with Crippen molar-refractivity contribution >= 4 is 27.8 Å². The van der Waals surface area contributed by atoms with E-state index in [4.69, 9.17) is 4.74 Å². The molecule has 7 nitrogen and oxygen atoms in total. The van der Waals surface area contributed by atoms with Crippen LogP contribution in [0.25, 0.3) is 6.08 Å². The number of carbonyl (C=O) groups is 2. The number of ether oxygens (including phenoxy) is 1. The summed E-state index contributed by atoms with van der Waals surface area (Å²) in [6, 6.07) is 11.2. The van der Waals surface area contributed by atoms with E-state index in [1.165, 1.54) is 23.4 Å². The second kappa shape index (κ2) is 9.57. The van der Waals surface area contributed by atoms with E-state index >= 15 is 0 Å². The fourth-order valence-electron chi connectivity index (χ4n) is 4.49. The molecule has 0 aromatic heterocycles. The molecule has 1 atom stereocenters. The lowest BCUT2D eigenvalue weighted by Crippen LogP contribution is -2.45. The quantitative estimate of drug-likeness (QED) is 0.555. The number of benzene rings is 2. The largest absolute Gasteiger partial charge is 0.494 e. The number of hydrogen-bond donors (Lipinski definition) is 0. The van der Waals surface area contributed by atoms with Crippen molar-refractivity contribution in [3.63, 3.8) is 0 Å². The molecule has 0 bridgehead atoms. The Hall–Kier alpha value is -2.84. The monoisotopic (exact) mass is 468 g/mol. The maximum absolute atomic E-state index is 13.7. The average molecular weight is 469 g/mol. The van der Waals surface area contributed by atoms with Crippen molar-refractivity contribution in [2.75, 3.05) is 13.2 Å². The molecular weight excluding hydrogens is 440 g/mol. The molecular formula is C25H28N2O5S. The number of fused-ring (bicyclic) bond motifs is 1. The van der Waals surface area contributed by atoms with Gasteiger partial charge in [-0.25, -0.2) is 13.4 Å². The summed E-state index contributed by atoms with van der Waals surface area (Å²) in [6.07, 6.45) is 5.16. The van der Waals surface area contributed by atoms with Crippen molar-refractivity contribution in [3.05, 3.63) is 58.6 Å². The minimum absolute atomic E-state index is 0.0118. The summed E-state index contributed by atoms with van der Waals surface area (Å²) in [4.78, 5) is 28.9. The van der Waals surface area contributed by atoms with Gasteiger partial charge in [-0.15, -0.1) is 0 Å². The lowest BCUT2D eigenvalue weighted by atomic mass is 10.0. The molecule has 174 valence electrons. The van der Waals surface area contributed by atoms with E-state index in [1.54, 1.807) is 30.3 Å². The standard InChI is InChI=1S/C25H28N2O5S/c1-3-32-22-11-12-24-19(14-22)13-20(25(29)26-24)16-27(21-8-4-5-9-21)33(30,31)23-10-6-7-18(15-23)17(2)28/h6-7,10-15,20-21H,3-5,8-9,16H2,1-2H3. The van der Waals surface area contributed by atoms with Crippen molar-refractivity contribution in [2.45, 2.75) is 50.5 Å². The van der Waals surface area contributed by atoms with Gasteiger partial charge in [0.05, 0.1) is 22.8 Å². The van der Waals surface area contributed by atoms with E-state index in [2.05, 4.69) is 4.99 Å². The lowest BCUT2D eigenvalue weighted by Gasteiger charge is -2.30. The predicted molar refractivity (Wildman–Crippen MR) is 124 cm³/mol. The molecule has 1 amide bonds. The molecule has 8 heteroatoms. The van der Waals surface area contributed by atoms with E-state index in [9.17, 15) is 18.0 Å². The van der Waals surface area contributed by atoms with Crippen LogP contribution >= 0.6 is 0 Å². The minimum Gasteiger partial charge on any atom is -0.494 e. The molecule has 1 unspecified atom stereocenters. The Labute approximate surface area is 193 Å². The zero-order valence-electron chi connectivity index (χ0n) is 18.9. The summed E-state index contributed by atoms with van der Waals surface area (Å²) in [6.45, 7) is 3.83. The van der Waals surface area contributed by atoms with Crippen LogP contribution in [0.5, 0.6) is 5.75 Å². The number of hydrogen-bond acceptors (Lipinski definition) is 5. The van der Waals surface area contributed by atoms with Crippen LogP contribution in [-0.4, -0.2) is 43.6 Å². The molecule has 1 aliphatic carbocycles. The molecule has 1 aliphatic heterocycles. The molecule has 2 aromatic carbocycles. The first-order chi connectivity index (χ1) is 15.8. The van der Waals surface area contributed by atoms with E-state index in [0.29, 0.717) is 23.3 Å². The van der Waals surface area contributed by atoms with Gasteiger partial charge < -0.3 is 4.74 Å². The Bertz CT molecular complexity index is 1300. The number of amides is 1. The molecule has 1 fully saturated rings. The van der Waals surface area contributed by atoms with Gasteiger partial charge in [0, 0.05) is 23.4 Å². The highest BCUT2D eigenvalue weighted by Crippen LogP contribution is 2.30. The Morgan fingerprint density at radius 1 is 1.15 bits per heavy atom. The zero-order chi connectivity index (χ0) is 23.6. The maximum Gasteiger partial charge on any atom is 0.254 e. The highest BCUT2D eigenvalue weighted by Gasteiger charge is 2.36. The SMILES string of the molecule is CCOc1ccc2c(c1)=CC(CN(C1CCCC1)S(=O)(=O)c1cccc(C(C)=O)c1)C(=O)N=2. The normalized spacial score (nSPS) is 18.5. The summed E-state index contributed by atoms with van der Waals surface area (Å²) in [7, 11) is -3.91. The average Bonchev–Trinajstić information content (AvgIpc) is 3.32. The molecule has 0 N–H and O–H groups in total. The molecule has 0 radical (unpaired) electrons. The number of ketones is 1. The van der Waals surface area contributed by atoms with Crippen molar-refractivity contribution in [3.8, 4) is 5.75 Å². The zero-order valence-corrected chi connectivity index (χ0v) is 19.7. The van der Waals surface area contributed by atoms with Crippen LogP contribution in [0.3, 0.4) is 0 Å². The van der Waals surface area contributed by atoms with Gasteiger partial charge in [-0.3, -0.25) is 9.59 Å². The van der Waals surface area contributed by atoms with Crippen LogP contribution in [0.1, 0.15) is 49.9 Å². The summed E-state index contributed by atoms with van der Waals surface area (Å²) in [5.74, 6) is -0.573. The summed E-state index contributed by atoms with van der Waals surface area (Å²) in [5.41, 5.74) is 0.343. The topological polar surface area (TPSA) is 93.1 Å². The third-order valence-electron chi connectivity index (χ3n) is 6.19. The molecule has 2 aliphatic rings.